The second-order valence-electron chi connectivity index (χ2n) is 3.99. The summed E-state index contributed by atoms with van der Waals surface area (Å²) >= 11 is 16.7. The van der Waals surface area contributed by atoms with Crippen molar-refractivity contribution in [3.05, 3.63) is 19.8 Å². The Hall–Kier alpha value is -0.230. The van der Waals surface area contributed by atoms with Gasteiger partial charge in [-0.15, -0.1) is 24.0 Å². The number of hydrogen-bond acceptors (Lipinski definition) is 3. The second kappa shape index (κ2) is 4.46. The first kappa shape index (κ1) is 13.2. The molecule has 92 valence electrons. The summed E-state index contributed by atoms with van der Waals surface area (Å²) in [5, 5.41) is 2.78. The van der Waals surface area contributed by atoms with Gasteiger partial charge in [-0.2, -0.15) is 0 Å². The van der Waals surface area contributed by atoms with E-state index >= 15 is 0 Å². The van der Waals surface area contributed by atoms with Gasteiger partial charge in [0.05, 0.1) is 9.90 Å². The highest BCUT2D eigenvalue weighted by molar-refractivity contribution is 7.96. The van der Waals surface area contributed by atoms with Crippen molar-refractivity contribution in [3.63, 3.8) is 0 Å². The average Bonchev–Trinajstić information content (AvgIpc) is 2.99. The van der Waals surface area contributed by atoms with Gasteiger partial charge in [-0.05, 0) is 25.3 Å². The highest BCUT2D eigenvalue weighted by Crippen LogP contribution is 2.40. The van der Waals surface area contributed by atoms with Crippen LogP contribution < -0.4 is 5.32 Å². The molecule has 1 aromatic rings. The van der Waals surface area contributed by atoms with Crippen molar-refractivity contribution in [3.8, 4) is 0 Å². The largest absolute Gasteiger partial charge is 0.338 e. The van der Waals surface area contributed by atoms with Crippen LogP contribution in [0.1, 0.15) is 28.1 Å². The third kappa shape index (κ3) is 2.34. The molecular weight excluding hydrogens is 301 g/mol. The van der Waals surface area contributed by atoms with Gasteiger partial charge in [-0.25, -0.2) is 0 Å². The molecule has 1 heterocycles. The summed E-state index contributed by atoms with van der Waals surface area (Å²) in [4.78, 5) is 23.7. The minimum atomic E-state index is -0.782. The zero-order chi connectivity index (χ0) is 12.8. The Balaban J connectivity index is 2.21. The van der Waals surface area contributed by atoms with Crippen LogP contribution in [0, 0.1) is 6.92 Å². The Morgan fingerprint density at radius 3 is 2.35 bits per heavy atom. The van der Waals surface area contributed by atoms with Crippen LogP contribution in [0.3, 0.4) is 0 Å². The Morgan fingerprint density at radius 2 is 2.00 bits per heavy atom. The van der Waals surface area contributed by atoms with E-state index in [2.05, 4.69) is 17.9 Å². The van der Waals surface area contributed by atoms with E-state index in [9.17, 15) is 9.59 Å². The first-order valence-electron chi connectivity index (χ1n) is 4.88. The summed E-state index contributed by atoms with van der Waals surface area (Å²) in [6.45, 7) is 1.72. The number of halogens is 2. The normalized spacial score (nSPS) is 16.7. The monoisotopic (exact) mass is 309 g/mol. The Bertz CT molecular complexity index is 509. The van der Waals surface area contributed by atoms with Crippen LogP contribution in [0.4, 0.5) is 0 Å². The molecule has 1 aliphatic rings. The minimum Gasteiger partial charge on any atom is -0.338 e. The number of nitrogens with one attached hydrogen (secondary N) is 1. The summed E-state index contributed by atoms with van der Waals surface area (Å²) < 4.78 is 0.386. The Morgan fingerprint density at radius 1 is 1.41 bits per heavy atom. The van der Waals surface area contributed by atoms with E-state index in [-0.39, 0.29) is 11.0 Å². The molecule has 17 heavy (non-hydrogen) atoms. The summed E-state index contributed by atoms with van der Waals surface area (Å²) in [6.07, 6.45) is 1.26. The molecule has 0 saturated heterocycles. The first-order chi connectivity index (χ1) is 7.87. The van der Waals surface area contributed by atoms with Crippen molar-refractivity contribution in [2.24, 2.45) is 0 Å². The predicted molar refractivity (Wildman–Crippen MR) is 72.5 cm³/mol. The van der Waals surface area contributed by atoms with Crippen molar-refractivity contribution in [2.45, 2.75) is 25.3 Å². The number of rotatable bonds is 3. The van der Waals surface area contributed by atoms with E-state index in [0.717, 1.165) is 11.3 Å². The van der Waals surface area contributed by atoms with Crippen LogP contribution in [0.5, 0.6) is 0 Å². The van der Waals surface area contributed by atoms with Crippen LogP contribution in [-0.4, -0.2) is 16.6 Å². The maximum atomic E-state index is 12.0. The fourth-order valence-corrected chi connectivity index (χ4v) is 3.21. The van der Waals surface area contributed by atoms with Gasteiger partial charge in [0.2, 0.25) is 5.12 Å². The number of carbonyl (C=O) groups is 2. The molecule has 0 atom stereocenters. The fourth-order valence-electron chi connectivity index (χ4n) is 1.47. The van der Waals surface area contributed by atoms with Gasteiger partial charge < -0.3 is 5.32 Å². The Kier molecular flexibility index (Phi) is 3.47. The van der Waals surface area contributed by atoms with E-state index in [1.807, 2.05) is 0 Å². The van der Waals surface area contributed by atoms with Gasteiger partial charge in [0.25, 0.3) is 5.91 Å². The number of amides is 1. The van der Waals surface area contributed by atoms with E-state index in [0.29, 0.717) is 32.6 Å². The zero-order valence-corrected chi connectivity index (χ0v) is 12.1. The lowest BCUT2D eigenvalue weighted by molar-refractivity contribution is -0.113. The molecule has 0 bridgehead atoms. The molecular formula is C10H9Cl2NO2S2. The fraction of sp³-hybridized carbons (Fsp3) is 0.400. The summed E-state index contributed by atoms with van der Waals surface area (Å²) in [7, 11) is 0. The quantitative estimate of drug-likeness (QED) is 0.843. The molecule has 1 saturated carbocycles. The molecule has 1 aliphatic carbocycles. The van der Waals surface area contributed by atoms with E-state index < -0.39 is 5.54 Å². The van der Waals surface area contributed by atoms with Crippen molar-refractivity contribution in [1.29, 1.82) is 0 Å². The maximum absolute atomic E-state index is 12.0. The van der Waals surface area contributed by atoms with Crippen LogP contribution >= 0.6 is 47.2 Å². The molecule has 2 rings (SSSR count). The molecule has 7 heteroatoms. The third-order valence-corrected chi connectivity index (χ3v) is 5.36. The summed E-state index contributed by atoms with van der Waals surface area (Å²) in [6, 6.07) is 0. The summed E-state index contributed by atoms with van der Waals surface area (Å²) in [5.74, 6) is -0.318. The smallest absolute Gasteiger partial charge is 0.262 e. The molecule has 0 aliphatic heterocycles. The van der Waals surface area contributed by atoms with E-state index in [1.165, 1.54) is 0 Å². The molecule has 1 amide bonds. The van der Waals surface area contributed by atoms with Crippen LogP contribution in [0.25, 0.3) is 0 Å². The summed E-state index contributed by atoms with van der Waals surface area (Å²) in [5.41, 5.74) is -0.142. The van der Waals surface area contributed by atoms with Crippen molar-refractivity contribution < 1.29 is 9.59 Å². The molecule has 1 aromatic heterocycles. The van der Waals surface area contributed by atoms with Crippen molar-refractivity contribution >= 4 is 58.2 Å². The zero-order valence-electron chi connectivity index (χ0n) is 8.84. The SMILES string of the molecule is Cc1c(C(=O)NC2(C(=O)S)CC2)sc(Cl)c1Cl. The molecule has 1 fully saturated rings. The van der Waals surface area contributed by atoms with E-state index in [1.54, 1.807) is 6.92 Å². The van der Waals surface area contributed by atoms with Crippen molar-refractivity contribution in [2.75, 3.05) is 0 Å². The second-order valence-corrected chi connectivity index (χ2v) is 6.39. The molecule has 1 N–H and O–H groups in total. The average molecular weight is 310 g/mol. The van der Waals surface area contributed by atoms with Crippen molar-refractivity contribution in [1.82, 2.24) is 5.32 Å². The van der Waals surface area contributed by atoms with Crippen LogP contribution in [-0.2, 0) is 4.79 Å². The first-order valence-corrected chi connectivity index (χ1v) is 6.89. The van der Waals surface area contributed by atoms with Crippen LogP contribution in [0.15, 0.2) is 0 Å². The van der Waals surface area contributed by atoms with Gasteiger partial charge in [0.15, 0.2) is 0 Å². The van der Waals surface area contributed by atoms with Crippen LogP contribution in [0.2, 0.25) is 9.36 Å². The minimum absolute atomic E-state index is 0.308. The number of carbonyl (C=O) groups excluding carboxylic acids is 2. The van der Waals surface area contributed by atoms with Gasteiger partial charge in [0.1, 0.15) is 9.88 Å². The number of thiol groups is 1. The molecule has 0 radical (unpaired) electrons. The standard InChI is InChI=1S/C10H9Cl2NO2S2/c1-4-5(11)7(12)17-6(4)8(14)13-10(2-3-10)9(15)16/h2-3H2,1H3,(H,13,14)(H,15,16). The topological polar surface area (TPSA) is 46.2 Å². The third-order valence-electron chi connectivity index (χ3n) is 2.75. The molecule has 0 aromatic carbocycles. The molecule has 3 nitrogen and oxygen atoms in total. The van der Waals surface area contributed by atoms with Gasteiger partial charge in [-0.1, -0.05) is 23.2 Å². The highest BCUT2D eigenvalue weighted by atomic mass is 35.5. The molecule has 0 unspecified atom stereocenters. The van der Waals surface area contributed by atoms with Gasteiger partial charge in [0, 0.05) is 0 Å². The van der Waals surface area contributed by atoms with Gasteiger partial charge >= 0.3 is 0 Å². The lowest BCUT2D eigenvalue weighted by Gasteiger charge is -2.12. The number of hydrogen-bond donors (Lipinski definition) is 2. The lowest BCUT2D eigenvalue weighted by Crippen LogP contribution is -2.41. The predicted octanol–water partition coefficient (Wildman–Crippen LogP) is 3.08. The van der Waals surface area contributed by atoms with E-state index in [4.69, 9.17) is 23.2 Å². The highest BCUT2D eigenvalue weighted by Gasteiger charge is 2.49. The Labute approximate surface area is 118 Å². The number of thiophene rings is 1. The lowest BCUT2D eigenvalue weighted by atomic mass is 10.2. The maximum Gasteiger partial charge on any atom is 0.262 e. The van der Waals surface area contributed by atoms with Gasteiger partial charge in [-0.3, -0.25) is 9.59 Å². The molecule has 0 spiro atoms.